The van der Waals surface area contributed by atoms with Gasteiger partial charge in [-0.15, -0.1) is 36.2 Å². The van der Waals surface area contributed by atoms with Gasteiger partial charge in [0.15, 0.2) is 0 Å². The zero-order chi connectivity index (χ0) is 17.0. The number of pyridine rings is 1. The molecule has 5 rings (SSSR count). The zero-order valence-corrected chi connectivity index (χ0v) is 17.4. The van der Waals surface area contributed by atoms with E-state index in [4.69, 9.17) is 0 Å². The van der Waals surface area contributed by atoms with Gasteiger partial charge in [0.25, 0.3) is 5.56 Å². The predicted octanol–water partition coefficient (Wildman–Crippen LogP) is 3.65. The molecule has 1 aliphatic heterocycles. The predicted molar refractivity (Wildman–Crippen MR) is 114 cm³/mol. The van der Waals surface area contributed by atoms with E-state index in [9.17, 15) is 4.79 Å². The van der Waals surface area contributed by atoms with Gasteiger partial charge >= 0.3 is 0 Å². The highest BCUT2D eigenvalue weighted by Gasteiger charge is 2.36. The van der Waals surface area contributed by atoms with Crippen LogP contribution in [0.4, 0.5) is 0 Å². The van der Waals surface area contributed by atoms with Gasteiger partial charge in [-0.25, -0.2) is 4.98 Å². The molecule has 3 aromatic rings. The summed E-state index contributed by atoms with van der Waals surface area (Å²) >= 11 is 1.65. The van der Waals surface area contributed by atoms with E-state index in [2.05, 4.69) is 28.3 Å². The maximum Gasteiger partial charge on any atom is 0.262 e. The lowest BCUT2D eigenvalue weighted by Gasteiger charge is -2.19. The van der Waals surface area contributed by atoms with Crippen LogP contribution in [0.25, 0.3) is 10.2 Å². The van der Waals surface area contributed by atoms with Crippen molar-refractivity contribution < 1.29 is 0 Å². The molecule has 1 fully saturated rings. The van der Waals surface area contributed by atoms with Crippen LogP contribution in [-0.4, -0.2) is 21.1 Å². The van der Waals surface area contributed by atoms with Crippen LogP contribution in [-0.2, 0) is 13.0 Å². The molecule has 8 heteroatoms. The highest BCUT2D eigenvalue weighted by Crippen LogP contribution is 2.42. The van der Waals surface area contributed by atoms with Crippen molar-refractivity contribution in [2.24, 2.45) is 5.92 Å². The number of thiophene rings is 1. The molecule has 1 atom stereocenters. The van der Waals surface area contributed by atoms with Crippen LogP contribution in [0.1, 0.15) is 40.6 Å². The third-order valence-corrected chi connectivity index (χ3v) is 6.41. The fraction of sp³-hybridized carbons (Fsp3) is 0.421. The van der Waals surface area contributed by atoms with Crippen molar-refractivity contribution in [2.45, 2.75) is 38.8 Å². The first-order valence-corrected chi connectivity index (χ1v) is 9.68. The lowest BCUT2D eigenvalue weighted by atomic mass is 10.0. The summed E-state index contributed by atoms with van der Waals surface area (Å²) in [6, 6.07) is 4.11. The number of hydrogen-bond donors (Lipinski definition) is 1. The molecule has 5 nitrogen and oxygen atoms in total. The number of nitrogens with zero attached hydrogens (tertiary/aromatic N) is 3. The minimum atomic E-state index is 0. The number of aryl methyl sites for hydroxylation is 1. The molecule has 3 aromatic heterocycles. The van der Waals surface area contributed by atoms with E-state index in [1.54, 1.807) is 17.7 Å². The minimum absolute atomic E-state index is 0. The van der Waals surface area contributed by atoms with Crippen molar-refractivity contribution in [3.8, 4) is 0 Å². The normalized spacial score (nSPS) is 16.9. The number of aromatic nitrogens is 3. The molecule has 0 saturated heterocycles. The topological polar surface area (TPSA) is 59.8 Å². The number of hydrogen-bond acceptors (Lipinski definition) is 5. The van der Waals surface area contributed by atoms with E-state index in [0.717, 1.165) is 48.3 Å². The van der Waals surface area contributed by atoms with Crippen LogP contribution in [0.2, 0.25) is 0 Å². The fourth-order valence-electron chi connectivity index (χ4n) is 3.87. The number of halogens is 2. The molecule has 27 heavy (non-hydrogen) atoms. The standard InChI is InChI=1S/C19H20N4OS.2ClH/c1-11-4-7-21-14(8-11)17(12-2-3-12)23-10-22-18-16(19(23)24)13-5-6-20-9-15(13)25-18;;/h4,7-8,10,12,17,20H,2-3,5-6,9H2,1H3;2*1H. The van der Waals surface area contributed by atoms with Crippen molar-refractivity contribution in [1.29, 1.82) is 0 Å². The Labute approximate surface area is 174 Å². The Morgan fingerprint density at radius 1 is 1.30 bits per heavy atom. The quantitative estimate of drug-likeness (QED) is 0.696. The summed E-state index contributed by atoms with van der Waals surface area (Å²) < 4.78 is 1.84. The lowest BCUT2D eigenvalue weighted by molar-refractivity contribution is 0.489. The molecule has 0 aromatic carbocycles. The Balaban J connectivity index is 0.00000105. The Hall–Kier alpha value is -1.47. The zero-order valence-electron chi connectivity index (χ0n) is 15.0. The first-order chi connectivity index (χ1) is 12.2. The maximum absolute atomic E-state index is 13.4. The summed E-state index contributed by atoms with van der Waals surface area (Å²) in [6.07, 6.45) is 6.79. The van der Waals surface area contributed by atoms with Gasteiger partial charge in [-0.3, -0.25) is 14.3 Å². The van der Waals surface area contributed by atoms with Crippen molar-refractivity contribution in [1.82, 2.24) is 19.9 Å². The molecule has 1 saturated carbocycles. The van der Waals surface area contributed by atoms with Gasteiger partial charge in [0.05, 0.1) is 23.4 Å². The van der Waals surface area contributed by atoms with E-state index in [-0.39, 0.29) is 36.4 Å². The molecule has 2 aliphatic rings. The number of nitrogens with one attached hydrogen (secondary N) is 1. The van der Waals surface area contributed by atoms with E-state index in [1.807, 2.05) is 16.8 Å². The van der Waals surface area contributed by atoms with Gasteiger partial charge in [-0.2, -0.15) is 0 Å². The molecule has 1 unspecified atom stereocenters. The average molecular weight is 425 g/mol. The van der Waals surface area contributed by atoms with Crippen LogP contribution >= 0.6 is 36.2 Å². The highest BCUT2D eigenvalue weighted by atomic mass is 35.5. The maximum atomic E-state index is 13.4. The van der Waals surface area contributed by atoms with E-state index in [0.29, 0.717) is 5.92 Å². The monoisotopic (exact) mass is 424 g/mol. The summed E-state index contributed by atoms with van der Waals surface area (Å²) in [4.78, 5) is 24.7. The Morgan fingerprint density at radius 2 is 2.11 bits per heavy atom. The molecule has 4 heterocycles. The molecule has 0 amide bonds. The fourth-order valence-corrected chi connectivity index (χ4v) is 5.02. The molecule has 0 bridgehead atoms. The first-order valence-electron chi connectivity index (χ1n) is 8.87. The van der Waals surface area contributed by atoms with Crippen LogP contribution in [0.5, 0.6) is 0 Å². The van der Waals surface area contributed by atoms with E-state index < -0.39 is 0 Å². The summed E-state index contributed by atoms with van der Waals surface area (Å²) in [5, 5.41) is 4.22. The SMILES string of the molecule is Cc1ccnc(C(C2CC2)n2cnc3sc4c(c3c2=O)CCNC4)c1.Cl.Cl. The number of fused-ring (bicyclic) bond motifs is 3. The Kier molecular flexibility index (Phi) is 5.91. The molecule has 1 aliphatic carbocycles. The molecule has 144 valence electrons. The van der Waals surface area contributed by atoms with Gasteiger partial charge < -0.3 is 5.32 Å². The smallest absolute Gasteiger partial charge is 0.262 e. The summed E-state index contributed by atoms with van der Waals surface area (Å²) in [7, 11) is 0. The number of rotatable bonds is 3. The first kappa shape index (κ1) is 20.3. The van der Waals surface area contributed by atoms with Crippen molar-refractivity contribution >= 4 is 46.4 Å². The Bertz CT molecular complexity index is 1030. The van der Waals surface area contributed by atoms with Gasteiger partial charge in [-0.05, 0) is 61.9 Å². The highest BCUT2D eigenvalue weighted by molar-refractivity contribution is 7.18. The summed E-state index contributed by atoms with van der Waals surface area (Å²) in [5.74, 6) is 0.488. The van der Waals surface area contributed by atoms with E-state index >= 15 is 0 Å². The second-order valence-corrected chi connectivity index (χ2v) is 8.19. The largest absolute Gasteiger partial charge is 0.312 e. The summed E-state index contributed by atoms with van der Waals surface area (Å²) in [6.45, 7) is 3.85. The minimum Gasteiger partial charge on any atom is -0.312 e. The van der Waals surface area contributed by atoms with Crippen LogP contribution in [0, 0.1) is 12.8 Å². The van der Waals surface area contributed by atoms with Gasteiger partial charge in [0.1, 0.15) is 4.83 Å². The molecule has 1 N–H and O–H groups in total. The van der Waals surface area contributed by atoms with Gasteiger partial charge in [0, 0.05) is 17.6 Å². The van der Waals surface area contributed by atoms with Gasteiger partial charge in [-0.1, -0.05) is 0 Å². The summed E-state index contributed by atoms with van der Waals surface area (Å²) in [5.41, 5.74) is 3.47. The molecule has 0 radical (unpaired) electrons. The van der Waals surface area contributed by atoms with Crippen LogP contribution < -0.4 is 10.9 Å². The molecular formula is C19H22Cl2N4OS. The van der Waals surface area contributed by atoms with E-state index in [1.165, 1.54) is 16.0 Å². The van der Waals surface area contributed by atoms with Crippen molar-refractivity contribution in [3.63, 3.8) is 0 Å². The van der Waals surface area contributed by atoms with Crippen molar-refractivity contribution in [3.05, 3.63) is 56.7 Å². The third-order valence-electron chi connectivity index (χ3n) is 5.27. The third kappa shape index (κ3) is 3.51. The Morgan fingerprint density at radius 3 is 2.85 bits per heavy atom. The second-order valence-electron chi connectivity index (χ2n) is 7.11. The van der Waals surface area contributed by atoms with Gasteiger partial charge in [0.2, 0.25) is 0 Å². The molecule has 0 spiro atoms. The average Bonchev–Trinajstić information content (AvgIpc) is 3.36. The van der Waals surface area contributed by atoms with Crippen LogP contribution in [0.15, 0.2) is 29.5 Å². The lowest BCUT2D eigenvalue weighted by Crippen LogP contribution is -2.29. The van der Waals surface area contributed by atoms with Crippen LogP contribution in [0.3, 0.4) is 0 Å². The second kappa shape index (κ2) is 7.87. The molecular weight excluding hydrogens is 403 g/mol. The van der Waals surface area contributed by atoms with Crippen molar-refractivity contribution in [2.75, 3.05) is 6.54 Å².